The lowest BCUT2D eigenvalue weighted by Crippen LogP contribution is -1.76. The minimum absolute atomic E-state index is 0.0354. The molecular formula is C6H2BrCl2F. The largest absolute Gasteiger partial charge is 0.205 e. The molecule has 0 bridgehead atoms. The van der Waals surface area contributed by atoms with Crippen molar-refractivity contribution in [2.24, 2.45) is 0 Å². The Morgan fingerprint density at radius 3 is 2.30 bits per heavy atom. The van der Waals surface area contributed by atoms with E-state index in [1.54, 1.807) is 0 Å². The summed E-state index contributed by atoms with van der Waals surface area (Å²) >= 11 is 14.0. The molecule has 1 aromatic carbocycles. The molecule has 0 unspecified atom stereocenters. The molecule has 10 heavy (non-hydrogen) atoms. The maximum absolute atomic E-state index is 12.5. The van der Waals surface area contributed by atoms with E-state index in [0.29, 0.717) is 9.50 Å². The Balaban J connectivity index is 3.28. The van der Waals surface area contributed by atoms with Crippen molar-refractivity contribution in [1.29, 1.82) is 0 Å². The van der Waals surface area contributed by atoms with Gasteiger partial charge in [-0.05, 0) is 28.1 Å². The predicted molar refractivity (Wildman–Crippen MR) is 44.1 cm³/mol. The summed E-state index contributed by atoms with van der Waals surface area (Å²) in [6, 6.07) is 2.58. The van der Waals surface area contributed by atoms with Crippen molar-refractivity contribution in [1.82, 2.24) is 0 Å². The molecule has 4 heteroatoms. The molecule has 0 aliphatic carbocycles. The van der Waals surface area contributed by atoms with Crippen LogP contribution in [-0.2, 0) is 0 Å². The minimum atomic E-state index is -0.474. The van der Waals surface area contributed by atoms with Crippen molar-refractivity contribution in [2.45, 2.75) is 0 Å². The van der Waals surface area contributed by atoms with Gasteiger partial charge in [-0.15, -0.1) is 0 Å². The van der Waals surface area contributed by atoms with Gasteiger partial charge in [0.1, 0.15) is 5.82 Å². The molecule has 1 rings (SSSR count). The molecule has 0 nitrogen and oxygen atoms in total. The van der Waals surface area contributed by atoms with Crippen LogP contribution in [0.3, 0.4) is 0 Å². The highest BCUT2D eigenvalue weighted by atomic mass is 79.9. The molecule has 0 fully saturated rings. The quantitative estimate of drug-likeness (QED) is 0.607. The number of benzene rings is 1. The smallest absolute Gasteiger partial charge is 0.143 e. The lowest BCUT2D eigenvalue weighted by molar-refractivity contribution is 0.627. The van der Waals surface area contributed by atoms with Crippen molar-refractivity contribution in [3.8, 4) is 0 Å². The summed E-state index contributed by atoms with van der Waals surface area (Å²) in [4.78, 5) is 0. The van der Waals surface area contributed by atoms with Crippen molar-refractivity contribution >= 4 is 39.1 Å². The van der Waals surface area contributed by atoms with Crippen LogP contribution in [0, 0.1) is 5.82 Å². The second-order valence-corrected chi connectivity index (χ2v) is 3.35. The fourth-order valence-electron chi connectivity index (χ4n) is 0.498. The van der Waals surface area contributed by atoms with Gasteiger partial charge in [0, 0.05) is 4.47 Å². The predicted octanol–water partition coefficient (Wildman–Crippen LogP) is 3.90. The Hall–Kier alpha value is 0.210. The van der Waals surface area contributed by atoms with E-state index in [4.69, 9.17) is 23.2 Å². The van der Waals surface area contributed by atoms with Crippen LogP contribution in [0.1, 0.15) is 0 Å². The van der Waals surface area contributed by atoms with Gasteiger partial charge in [-0.25, -0.2) is 4.39 Å². The Morgan fingerprint density at radius 1 is 1.20 bits per heavy atom. The Labute approximate surface area is 76.1 Å². The first-order valence-corrected chi connectivity index (χ1v) is 3.96. The topological polar surface area (TPSA) is 0 Å². The molecule has 0 atom stereocenters. The molecule has 0 amide bonds. The van der Waals surface area contributed by atoms with E-state index in [1.165, 1.54) is 12.1 Å². The highest BCUT2D eigenvalue weighted by Crippen LogP contribution is 2.27. The highest BCUT2D eigenvalue weighted by Gasteiger charge is 2.03. The lowest BCUT2D eigenvalue weighted by Gasteiger charge is -1.96. The standard InChI is InChI=1S/C6H2BrCl2F/c7-3-1-6(10)5(9)2-4(3)8/h1-2H. The van der Waals surface area contributed by atoms with Gasteiger partial charge < -0.3 is 0 Å². The van der Waals surface area contributed by atoms with Crippen molar-refractivity contribution in [3.05, 3.63) is 32.5 Å². The molecule has 0 heterocycles. The summed E-state index contributed by atoms with van der Waals surface area (Å²) in [6.45, 7) is 0. The first kappa shape index (κ1) is 8.31. The van der Waals surface area contributed by atoms with E-state index < -0.39 is 5.82 Å². The van der Waals surface area contributed by atoms with Gasteiger partial charge in [-0.1, -0.05) is 23.2 Å². The number of halogens is 4. The molecule has 0 saturated heterocycles. The van der Waals surface area contributed by atoms with Crippen LogP contribution in [0.25, 0.3) is 0 Å². The van der Waals surface area contributed by atoms with Crippen LogP contribution in [0.4, 0.5) is 4.39 Å². The number of hydrogen-bond donors (Lipinski definition) is 0. The molecule has 0 aliphatic heterocycles. The summed E-state index contributed by atoms with van der Waals surface area (Å²) in [5, 5.41) is 0.444. The van der Waals surface area contributed by atoms with E-state index in [9.17, 15) is 4.39 Å². The third kappa shape index (κ3) is 1.62. The average molecular weight is 244 g/mol. The van der Waals surface area contributed by atoms with Crippen molar-refractivity contribution in [3.63, 3.8) is 0 Å². The average Bonchev–Trinajstić information content (AvgIpc) is 1.84. The van der Waals surface area contributed by atoms with Gasteiger partial charge >= 0.3 is 0 Å². The molecule has 54 valence electrons. The zero-order chi connectivity index (χ0) is 7.72. The maximum atomic E-state index is 12.5. The maximum Gasteiger partial charge on any atom is 0.143 e. The molecule has 0 spiro atoms. The Kier molecular flexibility index (Phi) is 2.55. The molecule has 0 N–H and O–H groups in total. The first-order valence-electron chi connectivity index (χ1n) is 2.41. The summed E-state index contributed by atoms with van der Waals surface area (Å²) < 4.78 is 13.0. The second kappa shape index (κ2) is 3.07. The summed E-state index contributed by atoms with van der Waals surface area (Å²) in [7, 11) is 0. The van der Waals surface area contributed by atoms with Gasteiger partial charge in [-0.3, -0.25) is 0 Å². The number of hydrogen-bond acceptors (Lipinski definition) is 0. The van der Waals surface area contributed by atoms with Gasteiger partial charge in [0.25, 0.3) is 0 Å². The van der Waals surface area contributed by atoms with E-state index in [1.807, 2.05) is 0 Å². The van der Waals surface area contributed by atoms with E-state index in [0.717, 1.165) is 0 Å². The third-order valence-corrected chi connectivity index (χ3v) is 2.45. The third-order valence-electron chi connectivity index (χ3n) is 0.963. The Bertz CT molecular complexity index is 212. The molecule has 1 aromatic rings. The van der Waals surface area contributed by atoms with E-state index in [-0.39, 0.29) is 5.02 Å². The summed E-state index contributed by atoms with van der Waals surface area (Å²) in [5.74, 6) is -0.474. The Morgan fingerprint density at radius 2 is 1.80 bits per heavy atom. The first-order chi connectivity index (χ1) is 4.61. The highest BCUT2D eigenvalue weighted by molar-refractivity contribution is 9.10. The van der Waals surface area contributed by atoms with Crippen molar-refractivity contribution < 1.29 is 4.39 Å². The normalized spacial score (nSPS) is 10.0. The molecule has 0 radical (unpaired) electrons. The number of rotatable bonds is 0. The zero-order valence-electron chi connectivity index (χ0n) is 4.67. The van der Waals surface area contributed by atoms with E-state index in [2.05, 4.69) is 15.9 Å². The van der Waals surface area contributed by atoms with Gasteiger partial charge in [0.05, 0.1) is 10.0 Å². The van der Waals surface area contributed by atoms with Crippen LogP contribution in [0.2, 0.25) is 10.0 Å². The monoisotopic (exact) mass is 242 g/mol. The summed E-state index contributed by atoms with van der Waals surface area (Å²) in [5.41, 5.74) is 0. The fourth-order valence-corrected chi connectivity index (χ4v) is 1.20. The molecular weight excluding hydrogens is 242 g/mol. The minimum Gasteiger partial charge on any atom is -0.205 e. The second-order valence-electron chi connectivity index (χ2n) is 1.68. The van der Waals surface area contributed by atoms with Crippen LogP contribution in [-0.4, -0.2) is 0 Å². The van der Waals surface area contributed by atoms with Crippen LogP contribution in [0.5, 0.6) is 0 Å². The molecule has 0 aliphatic rings. The molecule has 0 saturated carbocycles. The fraction of sp³-hybridized carbons (Fsp3) is 0. The van der Waals surface area contributed by atoms with Gasteiger partial charge in [0.2, 0.25) is 0 Å². The van der Waals surface area contributed by atoms with E-state index >= 15 is 0 Å². The van der Waals surface area contributed by atoms with Crippen LogP contribution >= 0.6 is 39.1 Å². The van der Waals surface area contributed by atoms with Crippen LogP contribution < -0.4 is 0 Å². The SMILES string of the molecule is Fc1cc(Br)c(Cl)cc1Cl. The van der Waals surface area contributed by atoms with Crippen LogP contribution in [0.15, 0.2) is 16.6 Å². The molecule has 0 aromatic heterocycles. The zero-order valence-corrected chi connectivity index (χ0v) is 7.76. The summed E-state index contributed by atoms with van der Waals surface area (Å²) in [6.07, 6.45) is 0. The lowest BCUT2D eigenvalue weighted by atomic mass is 10.3. The van der Waals surface area contributed by atoms with Gasteiger partial charge in [0.15, 0.2) is 0 Å². The van der Waals surface area contributed by atoms with Gasteiger partial charge in [-0.2, -0.15) is 0 Å². The van der Waals surface area contributed by atoms with Crippen molar-refractivity contribution in [2.75, 3.05) is 0 Å².